The number of nitrogens with one attached hydrogen (secondary N) is 1. The second kappa shape index (κ2) is 6.44. The normalized spacial score (nSPS) is 20.8. The van der Waals surface area contributed by atoms with Crippen LogP contribution in [0.25, 0.3) is 0 Å². The van der Waals surface area contributed by atoms with Gasteiger partial charge in [0, 0.05) is 18.8 Å². The number of carbonyl (C=O) groups excluding carboxylic acids is 3. The Labute approximate surface area is 104 Å². The number of alkyl halides is 1. The largest absolute Gasteiger partial charge is 0.464 e. The van der Waals surface area contributed by atoms with E-state index in [4.69, 9.17) is 16.3 Å². The average Bonchev–Trinajstić information content (AvgIpc) is 2.43. The number of hydrogen-bond acceptors (Lipinski definition) is 4. The van der Waals surface area contributed by atoms with Crippen molar-refractivity contribution in [2.24, 2.45) is 0 Å². The number of imide groups is 1. The zero-order valence-electron chi connectivity index (χ0n) is 9.57. The van der Waals surface area contributed by atoms with Crippen LogP contribution in [0.4, 0.5) is 4.79 Å². The quantitative estimate of drug-likeness (QED) is 0.591. The third-order valence-corrected chi connectivity index (χ3v) is 2.54. The third kappa shape index (κ3) is 3.59. The summed E-state index contributed by atoms with van der Waals surface area (Å²) in [5, 5.41) is 2.46. The third-order valence-electron chi connectivity index (χ3n) is 2.37. The van der Waals surface area contributed by atoms with Crippen LogP contribution in [-0.4, -0.2) is 47.9 Å². The molecule has 0 radical (unpaired) electrons. The van der Waals surface area contributed by atoms with Gasteiger partial charge in [0.25, 0.3) is 0 Å². The van der Waals surface area contributed by atoms with E-state index >= 15 is 0 Å². The second-order valence-corrected chi connectivity index (χ2v) is 3.91. The van der Waals surface area contributed by atoms with Gasteiger partial charge in [0.05, 0.1) is 6.61 Å². The number of rotatable bonds is 4. The number of urea groups is 1. The predicted octanol–water partition coefficient (Wildman–Crippen LogP) is 0.489. The summed E-state index contributed by atoms with van der Waals surface area (Å²) in [7, 11) is 0. The molecule has 0 aromatic rings. The maximum atomic E-state index is 11.7. The van der Waals surface area contributed by atoms with Gasteiger partial charge in [0.1, 0.15) is 6.04 Å². The van der Waals surface area contributed by atoms with Crippen molar-refractivity contribution in [2.75, 3.05) is 19.0 Å². The van der Waals surface area contributed by atoms with Gasteiger partial charge in [0.15, 0.2) is 0 Å². The van der Waals surface area contributed by atoms with Gasteiger partial charge in [-0.05, 0) is 13.3 Å². The minimum Gasteiger partial charge on any atom is -0.464 e. The molecule has 6 nitrogen and oxygen atoms in total. The van der Waals surface area contributed by atoms with E-state index in [1.807, 2.05) is 0 Å². The first-order valence-electron chi connectivity index (χ1n) is 5.43. The first-order valence-corrected chi connectivity index (χ1v) is 5.97. The summed E-state index contributed by atoms with van der Waals surface area (Å²) in [5.41, 5.74) is 0. The molecule has 0 saturated carbocycles. The van der Waals surface area contributed by atoms with Crippen molar-refractivity contribution in [3.63, 3.8) is 0 Å². The van der Waals surface area contributed by atoms with Crippen molar-refractivity contribution in [1.82, 2.24) is 10.2 Å². The van der Waals surface area contributed by atoms with E-state index in [1.165, 1.54) is 0 Å². The number of ether oxygens (including phenoxy) is 1. The summed E-state index contributed by atoms with van der Waals surface area (Å²) in [6, 6.07) is -1.35. The lowest BCUT2D eigenvalue weighted by atomic mass is 10.1. The maximum Gasteiger partial charge on any atom is 0.328 e. The van der Waals surface area contributed by atoms with E-state index in [0.29, 0.717) is 0 Å². The Morgan fingerprint density at radius 2 is 2.29 bits per heavy atom. The number of nitrogens with zero attached hydrogens (tertiary/aromatic N) is 1. The van der Waals surface area contributed by atoms with Crippen LogP contribution >= 0.6 is 11.6 Å². The molecule has 0 spiro atoms. The van der Waals surface area contributed by atoms with Crippen LogP contribution in [0.5, 0.6) is 0 Å². The molecule has 7 heteroatoms. The lowest BCUT2D eigenvalue weighted by Crippen LogP contribution is -2.47. The lowest BCUT2D eigenvalue weighted by molar-refractivity contribution is -0.145. The molecule has 1 heterocycles. The first-order chi connectivity index (χ1) is 8.10. The number of amides is 3. The molecular formula is C10H15ClN2O4. The Bertz CT molecular complexity index is 321. The van der Waals surface area contributed by atoms with Crippen molar-refractivity contribution < 1.29 is 19.1 Å². The Kier molecular flexibility index (Phi) is 5.21. The number of carbonyl (C=O) groups is 3. The lowest BCUT2D eigenvalue weighted by Gasteiger charge is -2.18. The monoisotopic (exact) mass is 262 g/mol. The minimum absolute atomic E-state index is 0.124. The van der Waals surface area contributed by atoms with Gasteiger partial charge >= 0.3 is 12.0 Å². The Balaban J connectivity index is 2.69. The summed E-state index contributed by atoms with van der Waals surface area (Å²) in [6.07, 6.45) is 0.376. The summed E-state index contributed by atoms with van der Waals surface area (Å²) >= 11 is 5.50. The molecule has 96 valence electrons. The zero-order valence-corrected chi connectivity index (χ0v) is 10.3. The highest BCUT2D eigenvalue weighted by Gasteiger charge is 2.32. The van der Waals surface area contributed by atoms with Crippen LogP contribution in [0.2, 0.25) is 0 Å². The molecule has 1 saturated heterocycles. The predicted molar refractivity (Wildman–Crippen MR) is 60.6 cm³/mol. The van der Waals surface area contributed by atoms with Gasteiger partial charge in [-0.15, -0.1) is 11.6 Å². The molecule has 1 atom stereocenters. The van der Waals surface area contributed by atoms with Crippen molar-refractivity contribution in [3.8, 4) is 0 Å². The summed E-state index contributed by atoms with van der Waals surface area (Å²) < 4.78 is 4.81. The van der Waals surface area contributed by atoms with E-state index < -0.39 is 18.0 Å². The standard InChI is InChI=1S/C10H15ClN2O4/c1-2-17-9(15)7-3-4-8(14)13(6-5-11)10(16)12-7/h7H,2-6H2,1H3,(H,12,16). The molecule has 0 aliphatic carbocycles. The van der Waals surface area contributed by atoms with E-state index in [9.17, 15) is 14.4 Å². The van der Waals surface area contributed by atoms with Crippen molar-refractivity contribution in [2.45, 2.75) is 25.8 Å². The zero-order chi connectivity index (χ0) is 12.8. The molecule has 1 fully saturated rings. The highest BCUT2D eigenvalue weighted by atomic mass is 35.5. The highest BCUT2D eigenvalue weighted by molar-refractivity contribution is 6.18. The highest BCUT2D eigenvalue weighted by Crippen LogP contribution is 2.10. The molecular weight excluding hydrogens is 248 g/mol. The smallest absolute Gasteiger partial charge is 0.328 e. The second-order valence-electron chi connectivity index (χ2n) is 3.53. The molecule has 0 aromatic heterocycles. The molecule has 1 unspecified atom stereocenters. The first kappa shape index (κ1) is 13.8. The molecule has 17 heavy (non-hydrogen) atoms. The van der Waals surface area contributed by atoms with Crippen molar-refractivity contribution in [3.05, 3.63) is 0 Å². The van der Waals surface area contributed by atoms with E-state index in [-0.39, 0.29) is 37.8 Å². The van der Waals surface area contributed by atoms with Gasteiger partial charge in [0.2, 0.25) is 5.91 Å². The van der Waals surface area contributed by atoms with Gasteiger partial charge in [-0.1, -0.05) is 0 Å². The van der Waals surface area contributed by atoms with Crippen molar-refractivity contribution >= 4 is 29.5 Å². The van der Waals surface area contributed by atoms with Crippen molar-refractivity contribution in [1.29, 1.82) is 0 Å². The number of hydrogen-bond donors (Lipinski definition) is 1. The topological polar surface area (TPSA) is 75.7 Å². The Hall–Kier alpha value is -1.30. The fourth-order valence-corrected chi connectivity index (χ4v) is 1.71. The average molecular weight is 263 g/mol. The van der Waals surface area contributed by atoms with Crippen LogP contribution < -0.4 is 5.32 Å². The van der Waals surface area contributed by atoms with Gasteiger partial charge in [-0.2, -0.15) is 0 Å². The van der Waals surface area contributed by atoms with Crippen LogP contribution in [0.3, 0.4) is 0 Å². The molecule has 1 rings (SSSR count). The summed E-state index contributed by atoms with van der Waals surface area (Å²) in [5.74, 6) is -0.667. The van der Waals surface area contributed by atoms with Gasteiger partial charge in [-0.3, -0.25) is 9.69 Å². The fourth-order valence-electron chi connectivity index (χ4n) is 1.55. The van der Waals surface area contributed by atoms with E-state index in [2.05, 4.69) is 5.32 Å². The maximum absolute atomic E-state index is 11.7. The molecule has 1 aliphatic heterocycles. The number of halogens is 1. The molecule has 3 amide bonds. The minimum atomic E-state index is -0.758. The molecule has 0 aromatic carbocycles. The van der Waals surface area contributed by atoms with Crippen LogP contribution in [-0.2, 0) is 14.3 Å². The molecule has 1 aliphatic rings. The van der Waals surface area contributed by atoms with E-state index in [1.54, 1.807) is 6.92 Å². The molecule has 0 bridgehead atoms. The Morgan fingerprint density at radius 3 is 2.88 bits per heavy atom. The summed E-state index contributed by atoms with van der Waals surface area (Å²) in [6.45, 7) is 2.06. The van der Waals surface area contributed by atoms with Crippen LogP contribution in [0.1, 0.15) is 19.8 Å². The SMILES string of the molecule is CCOC(=O)C1CCC(=O)N(CCCl)C(=O)N1. The van der Waals surface area contributed by atoms with Gasteiger partial charge in [-0.25, -0.2) is 9.59 Å². The summed E-state index contributed by atoms with van der Waals surface area (Å²) in [4.78, 5) is 35.8. The number of esters is 1. The van der Waals surface area contributed by atoms with E-state index in [0.717, 1.165) is 4.90 Å². The van der Waals surface area contributed by atoms with Crippen LogP contribution in [0, 0.1) is 0 Å². The van der Waals surface area contributed by atoms with Crippen LogP contribution in [0.15, 0.2) is 0 Å². The Morgan fingerprint density at radius 1 is 1.59 bits per heavy atom. The fraction of sp³-hybridized carbons (Fsp3) is 0.700. The molecule has 1 N–H and O–H groups in total. The van der Waals surface area contributed by atoms with Gasteiger partial charge < -0.3 is 10.1 Å².